The molecule has 3 nitrogen and oxygen atoms in total. The van der Waals surface area contributed by atoms with Crippen molar-refractivity contribution in [2.75, 3.05) is 0 Å². The molecule has 1 aliphatic rings. The van der Waals surface area contributed by atoms with Gasteiger partial charge in [-0.05, 0) is 19.3 Å². The molecule has 1 aliphatic carbocycles. The second-order valence-corrected chi connectivity index (χ2v) is 3.64. The highest BCUT2D eigenvalue weighted by molar-refractivity contribution is 14.1. The fraction of sp³-hybridized carbons (Fsp3) is 0.429. The third kappa shape index (κ3) is 1.09. The molecule has 0 aliphatic heterocycles. The Bertz CT molecular complexity index is 305. The molecular formula is C7H7IN2O. The van der Waals surface area contributed by atoms with E-state index >= 15 is 0 Å². The summed E-state index contributed by atoms with van der Waals surface area (Å²) in [6.07, 6.45) is 3.21. The van der Waals surface area contributed by atoms with Gasteiger partial charge in [-0.2, -0.15) is 5.10 Å². The molecule has 4 heteroatoms. The van der Waals surface area contributed by atoms with Crippen LogP contribution in [0.4, 0.5) is 0 Å². The summed E-state index contributed by atoms with van der Waals surface area (Å²) < 4.78 is 0.0435. The van der Waals surface area contributed by atoms with Gasteiger partial charge >= 0.3 is 0 Å². The Hall–Kier alpha value is -0.390. The lowest BCUT2D eigenvalue weighted by molar-refractivity contribution is 0.110. The quantitative estimate of drug-likeness (QED) is 0.615. The zero-order valence-corrected chi connectivity index (χ0v) is 8.01. The minimum absolute atomic E-state index is 0.0435. The molecule has 0 saturated carbocycles. The highest BCUT2D eigenvalue weighted by Crippen LogP contribution is 2.23. The minimum Gasteiger partial charge on any atom is -0.282 e. The molecule has 0 spiro atoms. The lowest BCUT2D eigenvalue weighted by Crippen LogP contribution is -1.92. The summed E-state index contributed by atoms with van der Waals surface area (Å²) in [7, 11) is 0. The molecule has 0 saturated heterocycles. The van der Waals surface area contributed by atoms with Crippen LogP contribution in [0.1, 0.15) is 28.2 Å². The summed E-state index contributed by atoms with van der Waals surface area (Å²) >= 11 is 1.78. The normalized spacial score (nSPS) is 15.0. The number of aryl methyl sites for hydroxylation is 1. The van der Waals surface area contributed by atoms with Gasteiger partial charge < -0.3 is 0 Å². The van der Waals surface area contributed by atoms with Crippen LogP contribution in [-0.2, 0) is 12.8 Å². The number of H-pyrrole nitrogens is 1. The molecule has 0 unspecified atom stereocenters. The third-order valence-corrected chi connectivity index (χ3v) is 2.50. The van der Waals surface area contributed by atoms with Gasteiger partial charge in [0.1, 0.15) is 5.69 Å². The summed E-state index contributed by atoms with van der Waals surface area (Å²) in [4.78, 5) is 11.0. The first-order valence-electron chi connectivity index (χ1n) is 3.55. The Morgan fingerprint density at radius 3 is 3.09 bits per heavy atom. The monoisotopic (exact) mass is 262 g/mol. The number of nitrogens with zero attached hydrogens (tertiary/aromatic N) is 1. The highest BCUT2D eigenvalue weighted by atomic mass is 127. The van der Waals surface area contributed by atoms with Gasteiger partial charge in [0, 0.05) is 33.8 Å². The van der Waals surface area contributed by atoms with E-state index in [9.17, 15) is 4.79 Å². The van der Waals surface area contributed by atoms with E-state index in [4.69, 9.17) is 0 Å². The molecule has 0 radical (unpaired) electrons. The van der Waals surface area contributed by atoms with E-state index in [1.165, 1.54) is 0 Å². The van der Waals surface area contributed by atoms with Crippen molar-refractivity contribution in [1.82, 2.24) is 10.2 Å². The first-order valence-corrected chi connectivity index (χ1v) is 4.63. The molecule has 2 rings (SSSR count). The van der Waals surface area contributed by atoms with Gasteiger partial charge in [0.15, 0.2) is 0 Å². The number of fused-ring (bicyclic) bond motifs is 1. The van der Waals surface area contributed by atoms with E-state index < -0.39 is 0 Å². The van der Waals surface area contributed by atoms with Crippen LogP contribution in [0.2, 0.25) is 0 Å². The topological polar surface area (TPSA) is 45.8 Å². The predicted octanol–water partition coefficient (Wildman–Crippen LogP) is 1.47. The van der Waals surface area contributed by atoms with Crippen molar-refractivity contribution < 1.29 is 4.79 Å². The second kappa shape index (κ2) is 2.58. The predicted molar refractivity (Wildman–Crippen MR) is 49.0 cm³/mol. The minimum atomic E-state index is 0.0435. The molecule has 1 aromatic heterocycles. The first-order chi connectivity index (χ1) is 5.29. The molecular weight excluding hydrogens is 255 g/mol. The number of nitrogens with one attached hydrogen (secondary N) is 1. The Kier molecular flexibility index (Phi) is 1.71. The van der Waals surface area contributed by atoms with Crippen LogP contribution in [0.3, 0.4) is 0 Å². The summed E-state index contributed by atoms with van der Waals surface area (Å²) in [5.41, 5.74) is 2.94. The maximum atomic E-state index is 11.0. The number of hydrogen-bond donors (Lipinski definition) is 1. The zero-order chi connectivity index (χ0) is 7.84. The molecule has 11 heavy (non-hydrogen) atoms. The lowest BCUT2D eigenvalue weighted by Gasteiger charge is -1.88. The second-order valence-electron chi connectivity index (χ2n) is 2.66. The number of aromatic amines is 1. The summed E-state index contributed by atoms with van der Waals surface area (Å²) in [5.74, 6) is 0. The number of carbonyl (C=O) groups excluding carboxylic acids is 1. The van der Waals surface area contributed by atoms with Crippen molar-refractivity contribution >= 4 is 26.4 Å². The molecule has 1 N–H and O–H groups in total. The maximum absolute atomic E-state index is 11.0. The Morgan fingerprint density at radius 1 is 1.55 bits per heavy atom. The fourth-order valence-corrected chi connectivity index (χ4v) is 1.93. The Morgan fingerprint density at radius 2 is 2.36 bits per heavy atom. The number of halogens is 1. The largest absolute Gasteiger partial charge is 0.282 e. The average Bonchev–Trinajstić information content (AvgIpc) is 2.41. The van der Waals surface area contributed by atoms with Crippen LogP contribution < -0.4 is 0 Å². The van der Waals surface area contributed by atoms with E-state index in [-0.39, 0.29) is 3.79 Å². The van der Waals surface area contributed by atoms with Crippen LogP contribution in [0, 0.1) is 0 Å². The SMILES string of the molecule is O=C(I)c1n[nH]c2c1CCC2. The fourth-order valence-electron chi connectivity index (χ4n) is 1.48. The highest BCUT2D eigenvalue weighted by Gasteiger charge is 2.20. The van der Waals surface area contributed by atoms with Crippen molar-refractivity contribution in [3.05, 3.63) is 17.0 Å². The van der Waals surface area contributed by atoms with Crippen LogP contribution in [0.25, 0.3) is 0 Å². The molecule has 1 aromatic rings. The van der Waals surface area contributed by atoms with Crippen molar-refractivity contribution in [2.24, 2.45) is 0 Å². The van der Waals surface area contributed by atoms with Gasteiger partial charge in [-0.15, -0.1) is 0 Å². The average molecular weight is 262 g/mol. The molecule has 0 atom stereocenters. The molecule has 0 bridgehead atoms. The van der Waals surface area contributed by atoms with Gasteiger partial charge in [-0.3, -0.25) is 9.89 Å². The number of aromatic nitrogens is 2. The van der Waals surface area contributed by atoms with Crippen molar-refractivity contribution in [3.8, 4) is 0 Å². The third-order valence-electron chi connectivity index (χ3n) is 1.99. The van der Waals surface area contributed by atoms with E-state index in [0.717, 1.165) is 30.5 Å². The van der Waals surface area contributed by atoms with Crippen molar-refractivity contribution in [1.29, 1.82) is 0 Å². The lowest BCUT2D eigenvalue weighted by atomic mass is 10.2. The summed E-state index contributed by atoms with van der Waals surface area (Å²) in [6.45, 7) is 0. The maximum Gasteiger partial charge on any atom is 0.242 e. The van der Waals surface area contributed by atoms with Crippen molar-refractivity contribution in [3.63, 3.8) is 0 Å². The van der Waals surface area contributed by atoms with Crippen LogP contribution >= 0.6 is 22.6 Å². The molecule has 0 amide bonds. The van der Waals surface area contributed by atoms with Gasteiger partial charge in [-0.25, -0.2) is 0 Å². The first kappa shape index (κ1) is 7.27. The van der Waals surface area contributed by atoms with Crippen LogP contribution in [0.5, 0.6) is 0 Å². The van der Waals surface area contributed by atoms with Gasteiger partial charge in [0.2, 0.25) is 3.79 Å². The molecule has 1 heterocycles. The zero-order valence-electron chi connectivity index (χ0n) is 5.85. The van der Waals surface area contributed by atoms with E-state index in [2.05, 4.69) is 10.2 Å². The summed E-state index contributed by atoms with van der Waals surface area (Å²) in [6, 6.07) is 0. The number of rotatable bonds is 1. The Balaban J connectivity index is 2.50. The Labute approximate surface area is 77.7 Å². The van der Waals surface area contributed by atoms with Gasteiger partial charge in [-0.1, -0.05) is 0 Å². The smallest absolute Gasteiger partial charge is 0.242 e. The van der Waals surface area contributed by atoms with E-state index in [1.54, 1.807) is 22.6 Å². The molecule has 0 fully saturated rings. The summed E-state index contributed by atoms with van der Waals surface area (Å²) in [5, 5.41) is 6.85. The number of hydrogen-bond acceptors (Lipinski definition) is 2. The van der Waals surface area contributed by atoms with E-state index in [0.29, 0.717) is 5.69 Å². The van der Waals surface area contributed by atoms with Crippen molar-refractivity contribution in [2.45, 2.75) is 19.3 Å². The molecule has 58 valence electrons. The van der Waals surface area contributed by atoms with Crippen LogP contribution in [-0.4, -0.2) is 14.0 Å². The number of carbonyl (C=O) groups is 1. The van der Waals surface area contributed by atoms with Gasteiger partial charge in [0.05, 0.1) is 0 Å². The van der Waals surface area contributed by atoms with E-state index in [1.807, 2.05) is 0 Å². The van der Waals surface area contributed by atoms with Crippen LogP contribution in [0.15, 0.2) is 0 Å². The van der Waals surface area contributed by atoms with Gasteiger partial charge in [0.25, 0.3) is 0 Å². The standard InChI is InChI=1S/C7H7IN2O/c8-7(11)6-4-2-1-3-5(4)9-10-6/h1-3H2,(H,9,10). The molecule has 0 aromatic carbocycles.